The summed E-state index contributed by atoms with van der Waals surface area (Å²) in [5, 5.41) is 10.3. The zero-order chi connectivity index (χ0) is 19.7. The van der Waals surface area contributed by atoms with E-state index in [1.807, 2.05) is 12.1 Å². The minimum atomic E-state index is -3.82. The van der Waals surface area contributed by atoms with E-state index in [0.29, 0.717) is 30.6 Å². The number of nitrogens with zero attached hydrogens (tertiary/aromatic N) is 3. The van der Waals surface area contributed by atoms with E-state index in [-0.39, 0.29) is 22.9 Å². The summed E-state index contributed by atoms with van der Waals surface area (Å²) in [4.78, 5) is 12.7. The molecule has 0 spiro atoms. The molecule has 0 unspecified atom stereocenters. The number of amides is 1. The Labute approximate surface area is 170 Å². The maximum Gasteiger partial charge on any atom is 0.245 e. The van der Waals surface area contributed by atoms with Gasteiger partial charge in [-0.2, -0.15) is 4.31 Å². The van der Waals surface area contributed by atoms with Gasteiger partial charge in [0.1, 0.15) is 10.4 Å². The van der Waals surface area contributed by atoms with Crippen molar-refractivity contribution in [3.8, 4) is 0 Å². The fourth-order valence-corrected chi connectivity index (χ4v) is 5.21. The smallest absolute Gasteiger partial charge is 0.245 e. The molecule has 2 heterocycles. The van der Waals surface area contributed by atoms with E-state index in [4.69, 9.17) is 0 Å². The highest BCUT2D eigenvalue weighted by molar-refractivity contribution is 9.10. The van der Waals surface area contributed by atoms with E-state index in [1.165, 1.54) is 10.4 Å². The van der Waals surface area contributed by atoms with E-state index < -0.39 is 15.9 Å². The molecule has 1 saturated heterocycles. The van der Waals surface area contributed by atoms with Crippen LogP contribution in [-0.4, -0.2) is 42.0 Å². The van der Waals surface area contributed by atoms with Gasteiger partial charge < -0.3 is 5.32 Å². The number of aromatic nitrogens is 2. The Bertz CT molecular complexity index is 1110. The molecular weight excluding hydrogens is 448 g/mol. The minimum Gasteiger partial charge on any atom is -0.326 e. The molecular formula is C18H17BrN4O4S. The third-order valence-corrected chi connectivity index (χ3v) is 7.16. The molecule has 3 aromatic rings. The summed E-state index contributed by atoms with van der Waals surface area (Å²) < 4.78 is 33.2. The Balaban J connectivity index is 1.53. The zero-order valence-corrected chi connectivity index (χ0v) is 17.1. The Kier molecular flexibility index (Phi) is 5.17. The molecule has 1 N–H and O–H groups in total. The molecule has 0 radical (unpaired) electrons. The van der Waals surface area contributed by atoms with Crippen LogP contribution < -0.4 is 5.32 Å². The molecule has 1 fully saturated rings. The molecule has 0 bridgehead atoms. The Morgan fingerprint density at radius 3 is 2.75 bits per heavy atom. The average Bonchev–Trinajstić information content (AvgIpc) is 3.18. The molecule has 1 aliphatic rings. The Morgan fingerprint density at radius 2 is 1.96 bits per heavy atom. The second-order valence-corrected chi connectivity index (χ2v) is 9.41. The fraction of sp³-hybridized carbons (Fsp3) is 0.278. The number of rotatable bonds is 4. The summed E-state index contributed by atoms with van der Waals surface area (Å²) in [7, 11) is -3.82. The van der Waals surface area contributed by atoms with Crippen LogP contribution in [0.15, 0.2) is 56.5 Å². The molecule has 10 heteroatoms. The van der Waals surface area contributed by atoms with Gasteiger partial charge in [-0.3, -0.25) is 4.79 Å². The van der Waals surface area contributed by atoms with Crippen molar-refractivity contribution in [1.82, 2.24) is 14.6 Å². The molecule has 28 heavy (non-hydrogen) atoms. The van der Waals surface area contributed by atoms with E-state index in [9.17, 15) is 13.2 Å². The number of hydrogen-bond acceptors (Lipinski definition) is 6. The van der Waals surface area contributed by atoms with Gasteiger partial charge in [0.25, 0.3) is 0 Å². The molecule has 0 aliphatic carbocycles. The highest BCUT2D eigenvalue weighted by Crippen LogP contribution is 2.28. The number of hydrogen-bond donors (Lipinski definition) is 1. The third-order valence-electron chi connectivity index (χ3n) is 4.73. The van der Waals surface area contributed by atoms with Gasteiger partial charge in [-0.1, -0.05) is 22.0 Å². The molecule has 1 aromatic heterocycles. The van der Waals surface area contributed by atoms with Gasteiger partial charge in [-0.25, -0.2) is 13.0 Å². The highest BCUT2D eigenvalue weighted by atomic mass is 79.9. The Morgan fingerprint density at radius 1 is 1.18 bits per heavy atom. The molecule has 1 amide bonds. The third kappa shape index (κ3) is 3.67. The first-order chi connectivity index (χ1) is 13.4. The molecule has 2 aromatic carbocycles. The standard InChI is InChI=1S/C18H17BrN4O4S/c19-13-6-8-14(9-7-13)20-18(24)12-3-2-10-23(11-12)28(25,26)16-5-1-4-15-17(16)22-27-21-15/h1,4-9,12H,2-3,10-11H2,(H,20,24)/t12-/m0/s1. The maximum absolute atomic E-state index is 13.1. The fourth-order valence-electron chi connectivity index (χ4n) is 3.28. The van der Waals surface area contributed by atoms with Gasteiger partial charge in [0.2, 0.25) is 15.9 Å². The van der Waals surface area contributed by atoms with Crippen LogP contribution in [0.2, 0.25) is 0 Å². The van der Waals surface area contributed by atoms with Crippen LogP contribution in [0.3, 0.4) is 0 Å². The Hall–Kier alpha value is -2.30. The number of sulfonamides is 1. The summed E-state index contributed by atoms with van der Waals surface area (Å²) in [6.07, 6.45) is 1.23. The topological polar surface area (TPSA) is 105 Å². The number of piperidine rings is 1. The van der Waals surface area contributed by atoms with E-state index in [2.05, 4.69) is 36.2 Å². The average molecular weight is 465 g/mol. The lowest BCUT2D eigenvalue weighted by Gasteiger charge is -2.31. The van der Waals surface area contributed by atoms with Gasteiger partial charge in [0, 0.05) is 23.2 Å². The van der Waals surface area contributed by atoms with Crippen LogP contribution in [-0.2, 0) is 14.8 Å². The molecule has 1 aliphatic heterocycles. The normalized spacial score (nSPS) is 18.2. The van der Waals surface area contributed by atoms with E-state index in [0.717, 1.165) is 4.47 Å². The number of benzene rings is 2. The molecule has 8 nitrogen and oxygen atoms in total. The first kappa shape index (κ1) is 19.0. The van der Waals surface area contributed by atoms with Crippen LogP contribution in [0.5, 0.6) is 0 Å². The summed E-state index contributed by atoms with van der Waals surface area (Å²) in [6, 6.07) is 12.0. The van der Waals surface area contributed by atoms with E-state index >= 15 is 0 Å². The first-order valence-corrected chi connectivity index (χ1v) is 11.0. The molecule has 146 valence electrons. The van der Waals surface area contributed by atoms with Crippen LogP contribution in [0.25, 0.3) is 11.0 Å². The van der Waals surface area contributed by atoms with Crippen molar-refractivity contribution >= 4 is 48.6 Å². The lowest BCUT2D eigenvalue weighted by atomic mass is 9.99. The van der Waals surface area contributed by atoms with Crippen molar-refractivity contribution in [1.29, 1.82) is 0 Å². The summed E-state index contributed by atoms with van der Waals surface area (Å²) in [6.45, 7) is 0.471. The van der Waals surface area contributed by atoms with Crippen LogP contribution in [0.4, 0.5) is 5.69 Å². The van der Waals surface area contributed by atoms with Crippen molar-refractivity contribution in [2.24, 2.45) is 5.92 Å². The van der Waals surface area contributed by atoms with Crippen molar-refractivity contribution in [2.45, 2.75) is 17.7 Å². The molecule has 4 rings (SSSR count). The summed E-state index contributed by atoms with van der Waals surface area (Å²) in [5.41, 5.74) is 1.25. The number of carbonyl (C=O) groups excluding carboxylic acids is 1. The molecule has 1 atom stereocenters. The second-order valence-electron chi connectivity index (χ2n) is 6.59. The number of carbonyl (C=O) groups is 1. The van der Waals surface area contributed by atoms with Crippen molar-refractivity contribution in [3.63, 3.8) is 0 Å². The lowest BCUT2D eigenvalue weighted by molar-refractivity contribution is -0.120. The summed E-state index contributed by atoms with van der Waals surface area (Å²) in [5.74, 6) is -0.620. The molecule has 0 saturated carbocycles. The van der Waals surface area contributed by atoms with Crippen LogP contribution >= 0.6 is 15.9 Å². The van der Waals surface area contributed by atoms with Crippen LogP contribution in [0, 0.1) is 5.92 Å². The summed E-state index contributed by atoms with van der Waals surface area (Å²) >= 11 is 3.35. The van der Waals surface area contributed by atoms with Gasteiger partial charge in [0.05, 0.1) is 5.92 Å². The van der Waals surface area contributed by atoms with Gasteiger partial charge in [0.15, 0.2) is 5.52 Å². The number of fused-ring (bicyclic) bond motifs is 1. The minimum absolute atomic E-state index is 0.0419. The highest BCUT2D eigenvalue weighted by Gasteiger charge is 2.34. The zero-order valence-electron chi connectivity index (χ0n) is 14.7. The lowest BCUT2D eigenvalue weighted by Crippen LogP contribution is -2.43. The van der Waals surface area contributed by atoms with E-state index in [1.54, 1.807) is 24.3 Å². The largest absolute Gasteiger partial charge is 0.326 e. The SMILES string of the molecule is O=C(Nc1ccc(Br)cc1)[C@H]1CCCN(S(=O)(=O)c2cccc3nonc23)C1. The van der Waals surface area contributed by atoms with Crippen molar-refractivity contribution in [2.75, 3.05) is 18.4 Å². The van der Waals surface area contributed by atoms with Gasteiger partial charge in [-0.05, 0) is 59.6 Å². The van der Waals surface area contributed by atoms with Crippen LogP contribution in [0.1, 0.15) is 12.8 Å². The van der Waals surface area contributed by atoms with Gasteiger partial charge in [-0.15, -0.1) is 0 Å². The predicted octanol–water partition coefficient (Wildman–Crippen LogP) is 3.02. The maximum atomic E-state index is 13.1. The monoisotopic (exact) mass is 464 g/mol. The quantitative estimate of drug-likeness (QED) is 0.635. The predicted molar refractivity (Wildman–Crippen MR) is 106 cm³/mol. The van der Waals surface area contributed by atoms with Crippen molar-refractivity contribution < 1.29 is 17.8 Å². The van der Waals surface area contributed by atoms with Gasteiger partial charge >= 0.3 is 0 Å². The number of halogens is 1. The van der Waals surface area contributed by atoms with Crippen molar-refractivity contribution in [3.05, 3.63) is 46.9 Å². The second kappa shape index (κ2) is 7.61. The number of anilines is 1. The number of nitrogens with one attached hydrogen (secondary N) is 1. The first-order valence-electron chi connectivity index (χ1n) is 8.73.